The smallest absolute Gasteiger partial charge is 0.163 e. The molecule has 0 radical (unpaired) electrons. The van der Waals surface area contributed by atoms with Gasteiger partial charge in [0, 0.05) is 29.4 Å². The van der Waals surface area contributed by atoms with Gasteiger partial charge in [-0.3, -0.25) is 9.97 Å². The summed E-state index contributed by atoms with van der Waals surface area (Å²) in [7, 11) is 0. The van der Waals surface area contributed by atoms with Crippen LogP contribution in [0, 0.1) is 5.82 Å². The number of aromatic hydroxyl groups is 1. The minimum Gasteiger partial charge on any atom is -0.508 e. The Hall–Kier alpha value is -3.61. The fourth-order valence-corrected chi connectivity index (χ4v) is 2.45. The van der Waals surface area contributed by atoms with E-state index in [9.17, 15) is 9.50 Å². The summed E-state index contributed by atoms with van der Waals surface area (Å²) in [4.78, 5) is 16.9. The van der Waals surface area contributed by atoms with Crippen molar-refractivity contribution in [1.29, 1.82) is 0 Å². The van der Waals surface area contributed by atoms with Gasteiger partial charge in [-0.25, -0.2) is 14.4 Å². The maximum absolute atomic E-state index is 13.4. The highest BCUT2D eigenvalue weighted by atomic mass is 19.1. The van der Waals surface area contributed by atoms with E-state index >= 15 is 0 Å². The van der Waals surface area contributed by atoms with Crippen LogP contribution in [0.3, 0.4) is 0 Å². The van der Waals surface area contributed by atoms with Gasteiger partial charge in [-0.15, -0.1) is 0 Å². The second kappa shape index (κ2) is 6.12. The molecule has 1 aromatic carbocycles. The zero-order valence-electron chi connectivity index (χ0n) is 12.9. The summed E-state index contributed by atoms with van der Waals surface area (Å²) in [6, 6.07) is 9.76. The Labute approximate surface area is 142 Å². The number of fused-ring (bicyclic) bond motifs is 1. The summed E-state index contributed by atoms with van der Waals surface area (Å²) in [5.41, 5.74) is 1.83. The molecule has 0 bridgehead atoms. The number of phenolic OH excluding ortho intramolecular Hbond substituents is 1. The minimum atomic E-state index is -0.460. The van der Waals surface area contributed by atoms with E-state index in [0.717, 1.165) is 11.8 Å². The number of phenols is 1. The predicted molar refractivity (Wildman–Crippen MR) is 91.9 cm³/mol. The quantitative estimate of drug-likeness (QED) is 0.595. The number of hydrogen-bond donors (Lipinski definition) is 2. The van der Waals surface area contributed by atoms with Crippen molar-refractivity contribution in [2.75, 3.05) is 5.32 Å². The fourth-order valence-electron chi connectivity index (χ4n) is 2.45. The van der Waals surface area contributed by atoms with Crippen molar-refractivity contribution in [3.05, 3.63) is 67.0 Å². The Morgan fingerprint density at radius 3 is 2.68 bits per heavy atom. The standard InChI is InChI=1S/C18H12FN5O/c19-12-6-13(10-21-9-12)22-18-15-7-14(25)3-4-16(15)23-17(24-18)11-2-1-5-20-8-11/h1-10,25H,(H,22,23,24). The molecule has 7 heteroatoms. The van der Waals surface area contributed by atoms with Gasteiger partial charge in [0.25, 0.3) is 0 Å². The third kappa shape index (κ3) is 3.07. The lowest BCUT2D eigenvalue weighted by atomic mass is 10.2. The molecule has 122 valence electrons. The average molecular weight is 333 g/mol. The van der Waals surface area contributed by atoms with E-state index in [4.69, 9.17) is 0 Å². The molecule has 0 amide bonds. The fraction of sp³-hybridized carbons (Fsp3) is 0. The predicted octanol–water partition coefficient (Wildman–Crippen LogP) is 3.68. The highest BCUT2D eigenvalue weighted by Gasteiger charge is 2.11. The van der Waals surface area contributed by atoms with E-state index < -0.39 is 5.82 Å². The number of halogens is 1. The first-order valence-corrected chi connectivity index (χ1v) is 7.48. The molecule has 25 heavy (non-hydrogen) atoms. The van der Waals surface area contributed by atoms with Crippen molar-refractivity contribution < 1.29 is 9.50 Å². The molecule has 3 aromatic heterocycles. The van der Waals surface area contributed by atoms with E-state index in [-0.39, 0.29) is 5.75 Å². The van der Waals surface area contributed by atoms with Crippen molar-refractivity contribution in [3.63, 3.8) is 0 Å². The number of nitrogens with zero attached hydrogens (tertiary/aromatic N) is 4. The molecule has 0 spiro atoms. The van der Waals surface area contributed by atoms with Gasteiger partial charge in [0.15, 0.2) is 5.82 Å². The van der Waals surface area contributed by atoms with Crippen LogP contribution in [0.15, 0.2) is 61.2 Å². The second-order valence-electron chi connectivity index (χ2n) is 5.36. The van der Waals surface area contributed by atoms with Gasteiger partial charge < -0.3 is 10.4 Å². The third-order valence-corrected chi connectivity index (χ3v) is 3.57. The minimum absolute atomic E-state index is 0.0886. The number of rotatable bonds is 3. The van der Waals surface area contributed by atoms with Crippen molar-refractivity contribution in [3.8, 4) is 17.1 Å². The second-order valence-corrected chi connectivity index (χ2v) is 5.36. The molecule has 0 atom stereocenters. The van der Waals surface area contributed by atoms with E-state index in [1.807, 2.05) is 6.07 Å². The van der Waals surface area contributed by atoms with Gasteiger partial charge >= 0.3 is 0 Å². The number of hydrogen-bond acceptors (Lipinski definition) is 6. The van der Waals surface area contributed by atoms with Crippen molar-refractivity contribution in [2.45, 2.75) is 0 Å². The van der Waals surface area contributed by atoms with Crippen LogP contribution in [0.5, 0.6) is 5.75 Å². The first kappa shape index (κ1) is 14.9. The first-order chi connectivity index (χ1) is 12.2. The zero-order chi connectivity index (χ0) is 17.2. The van der Waals surface area contributed by atoms with Crippen molar-refractivity contribution in [2.24, 2.45) is 0 Å². The van der Waals surface area contributed by atoms with Gasteiger partial charge in [0.05, 0.1) is 23.6 Å². The van der Waals surface area contributed by atoms with Crippen LogP contribution in [0.25, 0.3) is 22.3 Å². The van der Waals surface area contributed by atoms with Gasteiger partial charge in [-0.2, -0.15) is 0 Å². The molecule has 0 aliphatic carbocycles. The molecule has 4 rings (SSSR count). The van der Waals surface area contributed by atoms with Crippen LogP contribution >= 0.6 is 0 Å². The Balaban J connectivity index is 1.89. The summed E-state index contributed by atoms with van der Waals surface area (Å²) in [5.74, 6) is 0.537. The number of benzene rings is 1. The molecular formula is C18H12FN5O. The van der Waals surface area contributed by atoms with Gasteiger partial charge in [0.1, 0.15) is 17.4 Å². The summed E-state index contributed by atoms with van der Waals surface area (Å²) in [6.07, 6.45) is 5.94. The Bertz CT molecular complexity index is 1060. The van der Waals surface area contributed by atoms with Crippen molar-refractivity contribution >= 4 is 22.4 Å². The maximum atomic E-state index is 13.4. The molecule has 0 fully saturated rings. The van der Waals surface area contributed by atoms with E-state index in [0.29, 0.717) is 28.2 Å². The van der Waals surface area contributed by atoms with E-state index in [1.165, 1.54) is 12.3 Å². The lowest BCUT2D eigenvalue weighted by Gasteiger charge is -2.11. The molecule has 0 saturated heterocycles. The van der Waals surface area contributed by atoms with E-state index in [2.05, 4.69) is 25.3 Å². The average Bonchev–Trinajstić information content (AvgIpc) is 2.63. The van der Waals surface area contributed by atoms with Crippen LogP contribution in [0.2, 0.25) is 0 Å². The summed E-state index contributed by atoms with van der Waals surface area (Å²) in [5, 5.41) is 13.4. The monoisotopic (exact) mass is 333 g/mol. The highest BCUT2D eigenvalue weighted by molar-refractivity contribution is 5.93. The maximum Gasteiger partial charge on any atom is 0.163 e. The van der Waals surface area contributed by atoms with Crippen LogP contribution < -0.4 is 5.32 Å². The van der Waals surface area contributed by atoms with Gasteiger partial charge in [0.2, 0.25) is 0 Å². The number of pyridine rings is 2. The van der Waals surface area contributed by atoms with Gasteiger partial charge in [-0.1, -0.05) is 0 Å². The summed E-state index contributed by atoms with van der Waals surface area (Å²) in [6.45, 7) is 0. The molecule has 2 N–H and O–H groups in total. The number of anilines is 2. The summed E-state index contributed by atoms with van der Waals surface area (Å²) < 4.78 is 13.4. The SMILES string of the molecule is Oc1ccc2nc(-c3cccnc3)nc(Nc3cncc(F)c3)c2c1. The Morgan fingerprint density at radius 1 is 0.960 bits per heavy atom. The molecule has 0 aliphatic heterocycles. The normalized spacial score (nSPS) is 10.8. The number of nitrogens with one attached hydrogen (secondary N) is 1. The third-order valence-electron chi connectivity index (χ3n) is 3.57. The Morgan fingerprint density at radius 2 is 1.88 bits per heavy atom. The van der Waals surface area contributed by atoms with Crippen molar-refractivity contribution in [1.82, 2.24) is 19.9 Å². The largest absolute Gasteiger partial charge is 0.508 e. The molecule has 0 saturated carbocycles. The molecular weight excluding hydrogens is 321 g/mol. The molecule has 3 heterocycles. The molecule has 0 aliphatic rings. The van der Waals surface area contributed by atoms with Gasteiger partial charge in [-0.05, 0) is 30.3 Å². The zero-order valence-corrected chi connectivity index (χ0v) is 12.9. The topological polar surface area (TPSA) is 83.8 Å². The van der Waals surface area contributed by atoms with Crippen LogP contribution in [-0.4, -0.2) is 25.0 Å². The van der Waals surface area contributed by atoms with Crippen LogP contribution in [-0.2, 0) is 0 Å². The van der Waals surface area contributed by atoms with Crippen LogP contribution in [0.4, 0.5) is 15.9 Å². The van der Waals surface area contributed by atoms with Crippen LogP contribution in [0.1, 0.15) is 0 Å². The number of aromatic nitrogens is 4. The molecule has 6 nitrogen and oxygen atoms in total. The van der Waals surface area contributed by atoms with E-state index in [1.54, 1.807) is 36.7 Å². The summed E-state index contributed by atoms with van der Waals surface area (Å²) >= 11 is 0. The lowest BCUT2D eigenvalue weighted by molar-refractivity contribution is 0.476. The highest BCUT2D eigenvalue weighted by Crippen LogP contribution is 2.29. The molecule has 0 unspecified atom stereocenters. The first-order valence-electron chi connectivity index (χ1n) is 7.48. The lowest BCUT2D eigenvalue weighted by Crippen LogP contribution is -2.00. The Kier molecular flexibility index (Phi) is 3.66. The molecule has 4 aromatic rings.